The van der Waals surface area contributed by atoms with Crippen LogP contribution < -0.4 is 4.90 Å². The summed E-state index contributed by atoms with van der Waals surface area (Å²) in [7, 11) is 1.75. The molecule has 0 unspecified atom stereocenters. The van der Waals surface area contributed by atoms with Gasteiger partial charge in [-0.25, -0.2) is 9.97 Å². The zero-order valence-electron chi connectivity index (χ0n) is 14.7. The minimum absolute atomic E-state index is 0.0958. The molecule has 2 aromatic rings. The summed E-state index contributed by atoms with van der Waals surface area (Å²) in [5, 5.41) is 4.71. The first kappa shape index (κ1) is 16.5. The molecule has 2 aliphatic rings. The molecule has 0 aromatic carbocycles. The number of ether oxygens (including phenoxy) is 2. The molecule has 0 saturated carbocycles. The lowest BCUT2D eigenvalue weighted by Gasteiger charge is -2.36. The van der Waals surface area contributed by atoms with Crippen LogP contribution in [0.5, 0.6) is 0 Å². The lowest BCUT2D eigenvalue weighted by Crippen LogP contribution is -2.40. The van der Waals surface area contributed by atoms with Crippen molar-refractivity contribution >= 4 is 5.95 Å². The van der Waals surface area contributed by atoms with E-state index >= 15 is 0 Å². The largest absolute Gasteiger partial charge is 0.382 e. The molecule has 7 heteroatoms. The van der Waals surface area contributed by atoms with E-state index in [1.165, 1.54) is 11.3 Å². The molecular weight excluding hydrogens is 318 g/mol. The van der Waals surface area contributed by atoms with Gasteiger partial charge in [-0.05, 0) is 36.8 Å². The van der Waals surface area contributed by atoms with Crippen molar-refractivity contribution in [2.45, 2.75) is 31.8 Å². The van der Waals surface area contributed by atoms with E-state index in [-0.39, 0.29) is 6.04 Å². The average Bonchev–Trinajstić information content (AvgIpc) is 3.07. The number of aromatic nitrogens is 4. The maximum absolute atomic E-state index is 5.55. The molecule has 4 heterocycles. The van der Waals surface area contributed by atoms with Crippen LogP contribution in [0.1, 0.15) is 30.1 Å². The van der Waals surface area contributed by atoms with Gasteiger partial charge in [-0.15, -0.1) is 0 Å². The van der Waals surface area contributed by atoms with Crippen molar-refractivity contribution in [3.8, 4) is 0 Å². The van der Waals surface area contributed by atoms with Crippen LogP contribution in [-0.2, 0) is 22.4 Å². The quantitative estimate of drug-likeness (QED) is 0.825. The SMILES string of the molecule is COC[C@@H]1c2c(cnn2CC2CCOCC2)CCN1c1ncccn1. The monoisotopic (exact) mass is 343 g/mol. The lowest BCUT2D eigenvalue weighted by atomic mass is 9.98. The first-order valence-electron chi connectivity index (χ1n) is 9.01. The van der Waals surface area contributed by atoms with Crippen LogP contribution >= 0.6 is 0 Å². The number of hydrogen-bond acceptors (Lipinski definition) is 6. The van der Waals surface area contributed by atoms with Gasteiger partial charge in [0.1, 0.15) is 0 Å². The zero-order valence-corrected chi connectivity index (χ0v) is 14.7. The molecule has 134 valence electrons. The molecule has 0 amide bonds. The third-order valence-corrected chi connectivity index (χ3v) is 5.18. The molecule has 25 heavy (non-hydrogen) atoms. The molecule has 1 saturated heterocycles. The van der Waals surface area contributed by atoms with Crippen molar-refractivity contribution in [3.05, 3.63) is 35.9 Å². The predicted octanol–water partition coefficient (Wildman–Crippen LogP) is 1.85. The molecule has 1 fully saturated rings. The molecule has 0 N–H and O–H groups in total. The van der Waals surface area contributed by atoms with Crippen LogP contribution in [0.2, 0.25) is 0 Å². The van der Waals surface area contributed by atoms with Gasteiger partial charge >= 0.3 is 0 Å². The second-order valence-electron chi connectivity index (χ2n) is 6.76. The summed E-state index contributed by atoms with van der Waals surface area (Å²) < 4.78 is 13.2. The minimum Gasteiger partial charge on any atom is -0.382 e. The van der Waals surface area contributed by atoms with Gasteiger partial charge in [0.15, 0.2) is 0 Å². The highest BCUT2D eigenvalue weighted by atomic mass is 16.5. The fraction of sp³-hybridized carbons (Fsp3) is 0.611. The molecule has 1 atom stereocenters. The minimum atomic E-state index is 0.0958. The number of anilines is 1. The summed E-state index contributed by atoms with van der Waals surface area (Å²) in [6, 6.07) is 1.94. The molecule has 0 spiro atoms. The summed E-state index contributed by atoms with van der Waals surface area (Å²) in [6.45, 7) is 4.15. The second kappa shape index (κ2) is 7.49. The standard InChI is InChI=1S/C18H25N5O2/c1-24-13-16-17-15(3-8-22(16)18-19-6-2-7-20-18)11-21-23(17)12-14-4-9-25-10-5-14/h2,6-7,11,14,16H,3-5,8-10,12-13H2,1H3/t16-/m1/s1. The molecule has 0 radical (unpaired) electrons. The van der Waals surface area contributed by atoms with E-state index in [9.17, 15) is 0 Å². The topological polar surface area (TPSA) is 65.3 Å². The molecule has 2 aliphatic heterocycles. The number of nitrogens with zero attached hydrogens (tertiary/aromatic N) is 5. The van der Waals surface area contributed by atoms with Crippen molar-refractivity contribution in [2.75, 3.05) is 38.4 Å². The van der Waals surface area contributed by atoms with Crippen LogP contribution in [0.15, 0.2) is 24.7 Å². The normalized spacial score (nSPS) is 21.3. The van der Waals surface area contributed by atoms with Gasteiger partial charge < -0.3 is 14.4 Å². The van der Waals surface area contributed by atoms with Crippen LogP contribution in [0, 0.1) is 5.92 Å². The zero-order chi connectivity index (χ0) is 17.1. The Balaban J connectivity index is 1.63. The Kier molecular flexibility index (Phi) is 4.94. The summed E-state index contributed by atoms with van der Waals surface area (Å²) in [4.78, 5) is 11.1. The highest BCUT2D eigenvalue weighted by Crippen LogP contribution is 2.33. The molecule has 0 bridgehead atoms. The van der Waals surface area contributed by atoms with Crippen LogP contribution in [0.4, 0.5) is 5.95 Å². The molecule has 4 rings (SSSR count). The Labute approximate surface area is 148 Å². The Morgan fingerprint density at radius 1 is 1.24 bits per heavy atom. The molecular formula is C18H25N5O2. The maximum Gasteiger partial charge on any atom is 0.225 e. The second-order valence-corrected chi connectivity index (χ2v) is 6.76. The Morgan fingerprint density at radius 2 is 2.04 bits per heavy atom. The van der Waals surface area contributed by atoms with Crippen molar-refractivity contribution in [1.29, 1.82) is 0 Å². The van der Waals surface area contributed by atoms with Gasteiger partial charge in [-0.1, -0.05) is 0 Å². The van der Waals surface area contributed by atoms with Gasteiger partial charge in [-0.3, -0.25) is 4.68 Å². The summed E-state index contributed by atoms with van der Waals surface area (Å²) in [5.74, 6) is 1.39. The van der Waals surface area contributed by atoms with E-state index in [1.54, 1.807) is 19.5 Å². The summed E-state index contributed by atoms with van der Waals surface area (Å²) >= 11 is 0. The number of hydrogen-bond donors (Lipinski definition) is 0. The highest BCUT2D eigenvalue weighted by Gasteiger charge is 2.33. The van der Waals surface area contributed by atoms with Crippen molar-refractivity contribution in [3.63, 3.8) is 0 Å². The molecule has 7 nitrogen and oxygen atoms in total. The van der Waals surface area contributed by atoms with Crippen molar-refractivity contribution in [2.24, 2.45) is 5.92 Å². The summed E-state index contributed by atoms with van der Waals surface area (Å²) in [6.07, 6.45) is 8.79. The van der Waals surface area contributed by atoms with E-state index < -0.39 is 0 Å². The Bertz CT molecular complexity index is 684. The van der Waals surface area contributed by atoms with Gasteiger partial charge in [0.25, 0.3) is 0 Å². The van der Waals surface area contributed by atoms with Gasteiger partial charge in [0, 0.05) is 45.8 Å². The van der Waals surface area contributed by atoms with Crippen LogP contribution in [-0.4, -0.2) is 53.2 Å². The fourth-order valence-corrected chi connectivity index (χ4v) is 3.88. The number of fused-ring (bicyclic) bond motifs is 1. The number of methoxy groups -OCH3 is 1. The fourth-order valence-electron chi connectivity index (χ4n) is 3.88. The third-order valence-electron chi connectivity index (χ3n) is 5.18. The smallest absolute Gasteiger partial charge is 0.225 e. The first-order valence-corrected chi connectivity index (χ1v) is 9.01. The van der Waals surface area contributed by atoms with E-state index in [4.69, 9.17) is 14.6 Å². The van der Waals surface area contributed by atoms with E-state index in [0.717, 1.165) is 51.5 Å². The van der Waals surface area contributed by atoms with E-state index in [2.05, 4.69) is 19.5 Å². The van der Waals surface area contributed by atoms with Crippen LogP contribution in [0.3, 0.4) is 0 Å². The summed E-state index contributed by atoms with van der Waals surface area (Å²) in [5.41, 5.74) is 2.58. The predicted molar refractivity (Wildman–Crippen MR) is 93.5 cm³/mol. The highest BCUT2D eigenvalue weighted by molar-refractivity contribution is 5.40. The van der Waals surface area contributed by atoms with Crippen molar-refractivity contribution < 1.29 is 9.47 Å². The van der Waals surface area contributed by atoms with Crippen molar-refractivity contribution in [1.82, 2.24) is 19.7 Å². The average molecular weight is 343 g/mol. The molecule has 2 aromatic heterocycles. The van der Waals surface area contributed by atoms with Gasteiger partial charge in [0.2, 0.25) is 5.95 Å². The third kappa shape index (κ3) is 3.39. The Morgan fingerprint density at radius 3 is 2.80 bits per heavy atom. The maximum atomic E-state index is 5.55. The van der Waals surface area contributed by atoms with Gasteiger partial charge in [0.05, 0.1) is 24.5 Å². The van der Waals surface area contributed by atoms with E-state index in [1.807, 2.05) is 12.3 Å². The Hall–Kier alpha value is -1.99. The van der Waals surface area contributed by atoms with Gasteiger partial charge in [-0.2, -0.15) is 5.10 Å². The lowest BCUT2D eigenvalue weighted by molar-refractivity contribution is 0.0594. The molecule has 0 aliphatic carbocycles. The van der Waals surface area contributed by atoms with E-state index in [0.29, 0.717) is 12.5 Å². The number of rotatable bonds is 5. The van der Waals surface area contributed by atoms with Crippen LogP contribution in [0.25, 0.3) is 0 Å². The first-order chi connectivity index (χ1) is 12.4.